The van der Waals surface area contributed by atoms with Crippen LogP contribution in [-0.4, -0.2) is 21.2 Å². The predicted molar refractivity (Wildman–Crippen MR) is 90.4 cm³/mol. The number of benzene rings is 1. The lowest BCUT2D eigenvalue weighted by Crippen LogP contribution is -2.22. The van der Waals surface area contributed by atoms with E-state index in [1.165, 1.54) is 0 Å². The molecular formula is C18H20N4O2. The van der Waals surface area contributed by atoms with Gasteiger partial charge in [-0.05, 0) is 25.1 Å². The van der Waals surface area contributed by atoms with Gasteiger partial charge >= 0.3 is 0 Å². The van der Waals surface area contributed by atoms with E-state index < -0.39 is 0 Å². The average molecular weight is 324 g/mol. The van der Waals surface area contributed by atoms with Gasteiger partial charge in [-0.15, -0.1) is 0 Å². The molecule has 2 heterocycles. The third-order valence-corrected chi connectivity index (χ3v) is 3.84. The summed E-state index contributed by atoms with van der Waals surface area (Å²) in [5, 5.41) is 4.04. The summed E-state index contributed by atoms with van der Waals surface area (Å²) in [4.78, 5) is 8.51. The number of nitrogens with zero attached hydrogens (tertiary/aromatic N) is 3. The normalized spacial score (nSPS) is 13.5. The van der Waals surface area contributed by atoms with E-state index in [1.807, 2.05) is 50.2 Å². The molecule has 3 rings (SSSR count). The van der Waals surface area contributed by atoms with Crippen LogP contribution in [0.25, 0.3) is 11.4 Å². The van der Waals surface area contributed by atoms with Crippen molar-refractivity contribution in [3.8, 4) is 17.1 Å². The number of hydrogen-bond acceptors (Lipinski definition) is 6. The van der Waals surface area contributed by atoms with Crippen LogP contribution in [-0.2, 0) is 6.61 Å². The fraction of sp³-hybridized carbons (Fsp3) is 0.278. The topological polar surface area (TPSA) is 87.1 Å². The van der Waals surface area contributed by atoms with Gasteiger partial charge in [0.05, 0.1) is 5.92 Å². The second kappa shape index (κ2) is 7.23. The average Bonchev–Trinajstić information content (AvgIpc) is 3.10. The molecule has 2 atom stereocenters. The van der Waals surface area contributed by atoms with Crippen molar-refractivity contribution in [2.24, 2.45) is 5.73 Å². The number of hydrogen-bond donors (Lipinski definition) is 1. The number of aromatic nitrogens is 3. The molecule has 6 heteroatoms. The molecule has 0 saturated heterocycles. The van der Waals surface area contributed by atoms with Crippen LogP contribution in [0.5, 0.6) is 5.75 Å². The molecule has 0 fully saturated rings. The summed E-state index contributed by atoms with van der Waals surface area (Å²) in [5.74, 6) is 1.82. The fourth-order valence-corrected chi connectivity index (χ4v) is 2.14. The zero-order chi connectivity index (χ0) is 16.9. The SMILES string of the molecule is CC(N)C(C)c1nc(-c2cccc(OCc3cccnc3)c2)no1. The molecule has 1 aromatic carbocycles. The molecule has 24 heavy (non-hydrogen) atoms. The van der Waals surface area contributed by atoms with Crippen LogP contribution < -0.4 is 10.5 Å². The highest BCUT2D eigenvalue weighted by atomic mass is 16.5. The first-order valence-electron chi connectivity index (χ1n) is 7.85. The molecule has 0 aliphatic carbocycles. The summed E-state index contributed by atoms with van der Waals surface area (Å²) < 4.78 is 11.1. The van der Waals surface area contributed by atoms with Gasteiger partial charge in [0, 0.05) is 29.6 Å². The van der Waals surface area contributed by atoms with Crippen molar-refractivity contribution in [2.75, 3.05) is 0 Å². The Hall–Kier alpha value is -2.73. The van der Waals surface area contributed by atoms with Gasteiger partial charge in [-0.2, -0.15) is 4.98 Å². The first-order valence-corrected chi connectivity index (χ1v) is 7.85. The van der Waals surface area contributed by atoms with E-state index >= 15 is 0 Å². The molecule has 0 spiro atoms. The van der Waals surface area contributed by atoms with Gasteiger partial charge in [0.1, 0.15) is 12.4 Å². The van der Waals surface area contributed by atoms with Crippen LogP contribution in [0.4, 0.5) is 0 Å². The third kappa shape index (κ3) is 3.78. The highest BCUT2D eigenvalue weighted by Gasteiger charge is 2.18. The van der Waals surface area contributed by atoms with Crippen molar-refractivity contribution in [3.63, 3.8) is 0 Å². The lowest BCUT2D eigenvalue weighted by atomic mass is 10.1. The van der Waals surface area contributed by atoms with Crippen LogP contribution in [0.1, 0.15) is 31.2 Å². The van der Waals surface area contributed by atoms with Crippen molar-refractivity contribution in [2.45, 2.75) is 32.4 Å². The van der Waals surface area contributed by atoms with Gasteiger partial charge < -0.3 is 15.0 Å². The van der Waals surface area contributed by atoms with E-state index in [-0.39, 0.29) is 12.0 Å². The summed E-state index contributed by atoms with van der Waals surface area (Å²) >= 11 is 0. The molecule has 2 N–H and O–H groups in total. The van der Waals surface area contributed by atoms with Crippen LogP contribution in [0, 0.1) is 0 Å². The minimum atomic E-state index is -0.0487. The van der Waals surface area contributed by atoms with Gasteiger partial charge in [0.25, 0.3) is 0 Å². The van der Waals surface area contributed by atoms with E-state index in [4.69, 9.17) is 15.0 Å². The van der Waals surface area contributed by atoms with Crippen LogP contribution in [0.15, 0.2) is 53.3 Å². The van der Waals surface area contributed by atoms with Gasteiger partial charge in [-0.1, -0.05) is 30.3 Å². The molecule has 3 aromatic rings. The molecule has 0 aliphatic heterocycles. The van der Waals surface area contributed by atoms with E-state index in [0.717, 1.165) is 16.9 Å². The standard InChI is InChI=1S/C18H20N4O2/c1-12(13(2)19)18-21-17(22-24-18)15-6-3-7-16(9-15)23-11-14-5-4-8-20-10-14/h3-10,12-13H,11,19H2,1-2H3. The molecule has 0 amide bonds. The summed E-state index contributed by atoms with van der Waals surface area (Å²) in [6, 6.07) is 11.4. The zero-order valence-electron chi connectivity index (χ0n) is 13.7. The Morgan fingerprint density at radius 3 is 2.83 bits per heavy atom. The Labute approximate surface area is 140 Å². The Bertz CT molecular complexity index is 786. The highest BCUT2D eigenvalue weighted by molar-refractivity contribution is 5.56. The lowest BCUT2D eigenvalue weighted by Gasteiger charge is -2.09. The molecule has 6 nitrogen and oxygen atoms in total. The Morgan fingerprint density at radius 2 is 2.08 bits per heavy atom. The summed E-state index contributed by atoms with van der Waals surface area (Å²) in [7, 11) is 0. The van der Waals surface area contributed by atoms with E-state index in [1.54, 1.807) is 12.4 Å². The minimum Gasteiger partial charge on any atom is -0.489 e. The molecule has 0 radical (unpaired) electrons. The molecule has 124 valence electrons. The molecule has 0 aliphatic rings. The minimum absolute atomic E-state index is 0.0104. The number of nitrogens with two attached hydrogens (primary N) is 1. The molecule has 0 saturated carbocycles. The predicted octanol–water partition coefficient (Wildman–Crippen LogP) is 3.16. The summed E-state index contributed by atoms with van der Waals surface area (Å²) in [6.07, 6.45) is 3.52. The Balaban J connectivity index is 1.73. The van der Waals surface area contributed by atoms with Gasteiger partial charge in [-0.25, -0.2) is 0 Å². The van der Waals surface area contributed by atoms with Crippen molar-refractivity contribution >= 4 is 0 Å². The van der Waals surface area contributed by atoms with E-state index in [2.05, 4.69) is 15.1 Å². The first-order chi connectivity index (χ1) is 11.6. The van der Waals surface area contributed by atoms with Crippen molar-refractivity contribution < 1.29 is 9.26 Å². The third-order valence-electron chi connectivity index (χ3n) is 3.84. The largest absolute Gasteiger partial charge is 0.489 e. The van der Waals surface area contributed by atoms with E-state index in [9.17, 15) is 0 Å². The molecule has 2 unspecified atom stereocenters. The molecule has 2 aromatic heterocycles. The van der Waals surface area contributed by atoms with Crippen LogP contribution in [0.2, 0.25) is 0 Å². The second-order valence-corrected chi connectivity index (χ2v) is 5.78. The fourth-order valence-electron chi connectivity index (χ4n) is 2.14. The smallest absolute Gasteiger partial charge is 0.231 e. The van der Waals surface area contributed by atoms with Crippen molar-refractivity contribution in [3.05, 3.63) is 60.2 Å². The maximum atomic E-state index is 5.88. The number of rotatable bonds is 6. The second-order valence-electron chi connectivity index (χ2n) is 5.78. The Kier molecular flexibility index (Phi) is 4.86. The van der Waals surface area contributed by atoms with Crippen molar-refractivity contribution in [1.82, 2.24) is 15.1 Å². The monoisotopic (exact) mass is 324 g/mol. The number of pyridine rings is 1. The summed E-state index contributed by atoms with van der Waals surface area (Å²) in [5.41, 5.74) is 7.73. The maximum absolute atomic E-state index is 5.88. The lowest BCUT2D eigenvalue weighted by molar-refractivity contribution is 0.306. The van der Waals surface area contributed by atoms with Gasteiger partial charge in [0.2, 0.25) is 11.7 Å². The van der Waals surface area contributed by atoms with Crippen molar-refractivity contribution in [1.29, 1.82) is 0 Å². The molecular weight excluding hydrogens is 304 g/mol. The maximum Gasteiger partial charge on any atom is 0.231 e. The van der Waals surface area contributed by atoms with E-state index in [0.29, 0.717) is 18.3 Å². The van der Waals surface area contributed by atoms with Crippen LogP contribution in [0.3, 0.4) is 0 Å². The Morgan fingerprint density at radius 1 is 1.21 bits per heavy atom. The number of ether oxygens (including phenoxy) is 1. The first kappa shape index (κ1) is 16.1. The van der Waals surface area contributed by atoms with Gasteiger partial charge in [-0.3, -0.25) is 4.98 Å². The van der Waals surface area contributed by atoms with Gasteiger partial charge in [0.15, 0.2) is 0 Å². The highest BCUT2D eigenvalue weighted by Crippen LogP contribution is 2.24. The summed E-state index contributed by atoms with van der Waals surface area (Å²) in [6.45, 7) is 4.34. The van der Waals surface area contributed by atoms with Crippen LogP contribution >= 0.6 is 0 Å². The molecule has 0 bridgehead atoms. The zero-order valence-corrected chi connectivity index (χ0v) is 13.7. The quantitative estimate of drug-likeness (QED) is 0.749.